The van der Waals surface area contributed by atoms with Crippen molar-refractivity contribution in [1.29, 1.82) is 0 Å². The molecular weight excluding hydrogens is 266 g/mol. The summed E-state index contributed by atoms with van der Waals surface area (Å²) in [5, 5.41) is 12.1. The molecule has 5 heteroatoms. The lowest BCUT2D eigenvalue weighted by atomic mass is 10.2. The van der Waals surface area contributed by atoms with Crippen LogP contribution >= 0.6 is 0 Å². The van der Waals surface area contributed by atoms with Crippen LogP contribution in [-0.2, 0) is 0 Å². The highest BCUT2D eigenvalue weighted by molar-refractivity contribution is 5.73. The Balaban J connectivity index is 2.46. The van der Waals surface area contributed by atoms with E-state index in [0.717, 1.165) is 13.1 Å². The summed E-state index contributed by atoms with van der Waals surface area (Å²) < 4.78 is 0. The van der Waals surface area contributed by atoms with E-state index in [-0.39, 0.29) is 6.03 Å². The predicted octanol–water partition coefficient (Wildman–Crippen LogP) is 1.84. The van der Waals surface area contributed by atoms with E-state index in [1.54, 1.807) is 14.0 Å². The third kappa shape index (κ3) is 5.63. The second kappa shape index (κ2) is 8.52. The maximum atomic E-state index is 11.8. The van der Waals surface area contributed by atoms with Gasteiger partial charge in [-0.25, -0.2) is 4.79 Å². The van der Waals surface area contributed by atoms with E-state index in [1.807, 2.05) is 12.1 Å². The van der Waals surface area contributed by atoms with Gasteiger partial charge in [-0.15, -0.1) is 0 Å². The van der Waals surface area contributed by atoms with Gasteiger partial charge in [-0.3, -0.25) is 0 Å². The fraction of sp³-hybridized carbons (Fsp3) is 0.562. The summed E-state index contributed by atoms with van der Waals surface area (Å²) in [6, 6.07) is 8.09. The average molecular weight is 293 g/mol. The lowest BCUT2D eigenvalue weighted by Crippen LogP contribution is -2.43. The molecule has 1 rings (SSSR count). The van der Waals surface area contributed by atoms with Crippen molar-refractivity contribution in [2.24, 2.45) is 0 Å². The summed E-state index contributed by atoms with van der Waals surface area (Å²) in [6.07, 6.45) is -0.514. The highest BCUT2D eigenvalue weighted by Gasteiger charge is 2.11. The third-order valence-corrected chi connectivity index (χ3v) is 3.38. The number of urea groups is 1. The SMILES string of the molecule is CCN(CCNC(=O)N(C)CC(C)O)c1ccccc1C. The maximum absolute atomic E-state index is 11.8. The van der Waals surface area contributed by atoms with E-state index in [4.69, 9.17) is 0 Å². The van der Waals surface area contributed by atoms with Gasteiger partial charge in [0, 0.05) is 38.9 Å². The molecule has 0 aliphatic carbocycles. The van der Waals surface area contributed by atoms with E-state index in [9.17, 15) is 9.90 Å². The Labute approximate surface area is 127 Å². The van der Waals surface area contributed by atoms with Gasteiger partial charge >= 0.3 is 6.03 Å². The molecule has 2 amide bonds. The van der Waals surface area contributed by atoms with Crippen molar-refractivity contribution in [1.82, 2.24) is 10.2 Å². The number of aliphatic hydroxyl groups is 1. The lowest BCUT2D eigenvalue weighted by Gasteiger charge is -2.26. The second-order valence-electron chi connectivity index (χ2n) is 5.33. The fourth-order valence-electron chi connectivity index (χ4n) is 2.28. The molecule has 0 aliphatic heterocycles. The monoisotopic (exact) mass is 293 g/mol. The zero-order valence-corrected chi connectivity index (χ0v) is 13.5. The number of nitrogens with zero attached hydrogens (tertiary/aromatic N) is 2. The first-order valence-electron chi connectivity index (χ1n) is 7.43. The summed E-state index contributed by atoms with van der Waals surface area (Å²) in [4.78, 5) is 15.6. The quantitative estimate of drug-likeness (QED) is 0.806. The van der Waals surface area contributed by atoms with E-state index in [2.05, 4.69) is 36.2 Å². The van der Waals surface area contributed by atoms with Crippen molar-refractivity contribution in [2.75, 3.05) is 38.1 Å². The molecule has 0 aliphatic rings. The molecule has 21 heavy (non-hydrogen) atoms. The molecule has 0 bridgehead atoms. The molecule has 0 saturated heterocycles. The highest BCUT2D eigenvalue weighted by Crippen LogP contribution is 2.18. The first-order valence-corrected chi connectivity index (χ1v) is 7.43. The van der Waals surface area contributed by atoms with Crippen LogP contribution in [0.1, 0.15) is 19.4 Å². The Hall–Kier alpha value is -1.75. The number of para-hydroxylation sites is 1. The van der Waals surface area contributed by atoms with Crippen molar-refractivity contribution in [2.45, 2.75) is 26.9 Å². The van der Waals surface area contributed by atoms with E-state index >= 15 is 0 Å². The van der Waals surface area contributed by atoms with Gasteiger partial charge in [-0.05, 0) is 32.4 Å². The number of hydrogen-bond donors (Lipinski definition) is 2. The maximum Gasteiger partial charge on any atom is 0.317 e. The number of carbonyl (C=O) groups excluding carboxylic acids is 1. The van der Waals surface area contributed by atoms with Crippen molar-refractivity contribution in [3.05, 3.63) is 29.8 Å². The summed E-state index contributed by atoms with van der Waals surface area (Å²) in [5.41, 5.74) is 2.43. The number of anilines is 1. The van der Waals surface area contributed by atoms with Crippen LogP contribution in [0.2, 0.25) is 0 Å². The lowest BCUT2D eigenvalue weighted by molar-refractivity contribution is 0.144. The average Bonchev–Trinajstić information content (AvgIpc) is 2.43. The number of nitrogens with one attached hydrogen (secondary N) is 1. The van der Waals surface area contributed by atoms with Crippen molar-refractivity contribution in [3.8, 4) is 0 Å². The molecule has 1 aromatic rings. The minimum Gasteiger partial charge on any atom is -0.392 e. The van der Waals surface area contributed by atoms with Crippen LogP contribution in [0.15, 0.2) is 24.3 Å². The van der Waals surface area contributed by atoms with E-state index in [0.29, 0.717) is 13.1 Å². The molecule has 1 aromatic carbocycles. The number of rotatable bonds is 7. The van der Waals surface area contributed by atoms with Gasteiger partial charge in [0.05, 0.1) is 6.10 Å². The summed E-state index contributed by atoms with van der Waals surface area (Å²) in [7, 11) is 1.68. The molecule has 0 radical (unpaired) electrons. The fourth-order valence-corrected chi connectivity index (χ4v) is 2.28. The predicted molar refractivity (Wildman–Crippen MR) is 86.8 cm³/mol. The van der Waals surface area contributed by atoms with E-state index in [1.165, 1.54) is 16.2 Å². The number of carbonyl (C=O) groups is 1. The molecule has 1 atom stereocenters. The number of hydrogen-bond acceptors (Lipinski definition) is 3. The standard InChI is InChI=1S/C16H27N3O2/c1-5-19(15-9-7-6-8-13(15)2)11-10-17-16(21)18(4)12-14(3)20/h6-9,14,20H,5,10-12H2,1-4H3,(H,17,21). The first-order chi connectivity index (χ1) is 9.95. The van der Waals surface area contributed by atoms with Crippen LogP contribution in [0.4, 0.5) is 10.5 Å². The molecule has 0 aromatic heterocycles. The van der Waals surface area contributed by atoms with Crippen LogP contribution in [-0.4, -0.2) is 55.4 Å². The van der Waals surface area contributed by atoms with Gasteiger partial charge in [0.1, 0.15) is 0 Å². The summed E-state index contributed by atoms with van der Waals surface area (Å²) in [6.45, 7) is 8.42. The molecule has 2 N–H and O–H groups in total. The van der Waals surface area contributed by atoms with Crippen molar-refractivity contribution in [3.63, 3.8) is 0 Å². The van der Waals surface area contributed by atoms with Gasteiger partial charge < -0.3 is 20.2 Å². The number of amides is 2. The number of likely N-dealkylation sites (N-methyl/N-ethyl adjacent to an activating group) is 2. The van der Waals surface area contributed by atoms with Gasteiger partial charge in [-0.1, -0.05) is 18.2 Å². The van der Waals surface area contributed by atoms with Crippen LogP contribution in [0.3, 0.4) is 0 Å². The molecule has 1 unspecified atom stereocenters. The van der Waals surface area contributed by atoms with Crippen molar-refractivity contribution >= 4 is 11.7 Å². The third-order valence-electron chi connectivity index (χ3n) is 3.38. The van der Waals surface area contributed by atoms with Crippen LogP contribution < -0.4 is 10.2 Å². The molecule has 0 fully saturated rings. The van der Waals surface area contributed by atoms with Gasteiger partial charge in [0.25, 0.3) is 0 Å². The second-order valence-corrected chi connectivity index (χ2v) is 5.33. The molecule has 118 valence electrons. The van der Waals surface area contributed by atoms with Gasteiger partial charge in [-0.2, -0.15) is 0 Å². The molecule has 0 saturated carbocycles. The zero-order chi connectivity index (χ0) is 15.8. The minimum absolute atomic E-state index is 0.156. The first kappa shape index (κ1) is 17.3. The zero-order valence-electron chi connectivity index (χ0n) is 13.5. The molecule has 0 spiro atoms. The smallest absolute Gasteiger partial charge is 0.317 e. The van der Waals surface area contributed by atoms with Gasteiger partial charge in [0.2, 0.25) is 0 Å². The number of aryl methyl sites for hydroxylation is 1. The molecule has 0 heterocycles. The Morgan fingerprint density at radius 2 is 2.05 bits per heavy atom. The Kier molecular flexibility index (Phi) is 7.02. The van der Waals surface area contributed by atoms with Crippen LogP contribution in [0, 0.1) is 6.92 Å². The topological polar surface area (TPSA) is 55.8 Å². The van der Waals surface area contributed by atoms with E-state index < -0.39 is 6.10 Å². The van der Waals surface area contributed by atoms with Crippen LogP contribution in [0.25, 0.3) is 0 Å². The molecule has 5 nitrogen and oxygen atoms in total. The number of aliphatic hydroxyl groups excluding tert-OH is 1. The Morgan fingerprint density at radius 3 is 2.62 bits per heavy atom. The molecular formula is C16H27N3O2. The number of benzene rings is 1. The van der Waals surface area contributed by atoms with Crippen LogP contribution in [0.5, 0.6) is 0 Å². The Bertz CT molecular complexity index is 449. The van der Waals surface area contributed by atoms with Crippen molar-refractivity contribution < 1.29 is 9.90 Å². The highest BCUT2D eigenvalue weighted by atomic mass is 16.3. The largest absolute Gasteiger partial charge is 0.392 e. The van der Waals surface area contributed by atoms with Gasteiger partial charge in [0.15, 0.2) is 0 Å². The minimum atomic E-state index is -0.514. The summed E-state index contributed by atoms with van der Waals surface area (Å²) >= 11 is 0. The summed E-state index contributed by atoms with van der Waals surface area (Å²) in [5.74, 6) is 0. The Morgan fingerprint density at radius 1 is 1.38 bits per heavy atom. The normalized spacial score (nSPS) is 11.9.